The first-order valence-corrected chi connectivity index (χ1v) is 11.4. The third-order valence-corrected chi connectivity index (χ3v) is 6.21. The van der Waals surface area contributed by atoms with Gasteiger partial charge in [-0.15, -0.1) is 0 Å². The van der Waals surface area contributed by atoms with Crippen molar-refractivity contribution in [1.29, 1.82) is 0 Å². The molecular formula is C26H28N6O. The normalized spacial score (nSPS) is 13.0. The molecule has 33 heavy (non-hydrogen) atoms. The minimum atomic E-state index is -0.183. The van der Waals surface area contributed by atoms with Gasteiger partial charge in [-0.3, -0.25) is 9.36 Å². The van der Waals surface area contributed by atoms with E-state index in [-0.39, 0.29) is 12.6 Å². The van der Waals surface area contributed by atoms with Crippen LogP contribution in [0.4, 0.5) is 5.82 Å². The van der Waals surface area contributed by atoms with Gasteiger partial charge >= 0.3 is 0 Å². The van der Waals surface area contributed by atoms with Crippen molar-refractivity contribution in [1.82, 2.24) is 19.9 Å². The maximum absolute atomic E-state index is 12.5. The highest BCUT2D eigenvalue weighted by Crippen LogP contribution is 2.30. The highest BCUT2D eigenvalue weighted by molar-refractivity contribution is 6.07. The molecule has 0 saturated carbocycles. The summed E-state index contributed by atoms with van der Waals surface area (Å²) in [6, 6.07) is 18.1. The molecule has 2 aromatic carbocycles. The van der Waals surface area contributed by atoms with E-state index in [0.717, 1.165) is 53.8 Å². The summed E-state index contributed by atoms with van der Waals surface area (Å²) in [7, 11) is 0. The van der Waals surface area contributed by atoms with Crippen molar-refractivity contribution in [2.45, 2.75) is 39.2 Å². The number of fused-ring (bicyclic) bond motifs is 2. The second-order valence-corrected chi connectivity index (χ2v) is 8.41. The first-order chi connectivity index (χ1) is 16.2. The van der Waals surface area contributed by atoms with E-state index >= 15 is 0 Å². The van der Waals surface area contributed by atoms with Crippen molar-refractivity contribution in [2.24, 2.45) is 5.73 Å². The molecule has 0 aliphatic heterocycles. The Balaban J connectivity index is 1.60. The topological polar surface area (TPSA) is 97.9 Å². The van der Waals surface area contributed by atoms with Gasteiger partial charge in [0.05, 0.1) is 17.9 Å². The minimum absolute atomic E-state index is 0.0965. The molecule has 7 heteroatoms. The van der Waals surface area contributed by atoms with E-state index in [1.807, 2.05) is 54.0 Å². The summed E-state index contributed by atoms with van der Waals surface area (Å²) < 4.78 is 2.04. The van der Waals surface area contributed by atoms with Gasteiger partial charge in [0.15, 0.2) is 0 Å². The number of nitrogens with two attached hydrogens (primary N) is 1. The Morgan fingerprint density at radius 1 is 1.06 bits per heavy atom. The third-order valence-electron chi connectivity index (χ3n) is 6.21. The molecule has 0 unspecified atom stereocenters. The summed E-state index contributed by atoms with van der Waals surface area (Å²) >= 11 is 0. The van der Waals surface area contributed by atoms with Gasteiger partial charge in [0.25, 0.3) is 5.91 Å². The summed E-state index contributed by atoms with van der Waals surface area (Å²) in [4.78, 5) is 22.5. The molecule has 2 heterocycles. The number of nitrogens with one attached hydrogen (secondary N) is 2. The van der Waals surface area contributed by atoms with Crippen molar-refractivity contribution < 1.29 is 4.79 Å². The van der Waals surface area contributed by atoms with Crippen molar-refractivity contribution in [2.75, 3.05) is 12.0 Å². The minimum Gasteiger partial charge on any atom is -0.366 e. The van der Waals surface area contributed by atoms with Gasteiger partial charge in [-0.25, -0.2) is 4.98 Å². The fraction of sp³-hybridized carbons (Fsp3) is 0.269. The lowest BCUT2D eigenvalue weighted by atomic mass is 9.96. The maximum Gasteiger partial charge on any atom is 0.252 e. The first kappa shape index (κ1) is 21.2. The van der Waals surface area contributed by atoms with E-state index in [1.54, 1.807) is 0 Å². The van der Waals surface area contributed by atoms with E-state index in [4.69, 9.17) is 15.7 Å². The van der Waals surface area contributed by atoms with E-state index in [0.29, 0.717) is 18.1 Å². The third kappa shape index (κ3) is 4.07. The molecule has 0 bridgehead atoms. The second-order valence-electron chi connectivity index (χ2n) is 8.41. The van der Waals surface area contributed by atoms with Gasteiger partial charge in [-0.2, -0.15) is 4.98 Å². The van der Waals surface area contributed by atoms with Crippen LogP contribution in [0.3, 0.4) is 0 Å². The predicted octanol–water partition coefficient (Wildman–Crippen LogP) is 3.87. The molecule has 1 aliphatic carbocycles. The predicted molar refractivity (Wildman–Crippen MR) is 131 cm³/mol. The Morgan fingerprint density at radius 2 is 1.88 bits per heavy atom. The van der Waals surface area contributed by atoms with Crippen molar-refractivity contribution >= 4 is 22.6 Å². The van der Waals surface area contributed by atoms with E-state index in [1.165, 1.54) is 11.1 Å². The van der Waals surface area contributed by atoms with Crippen molar-refractivity contribution in [3.05, 3.63) is 82.7 Å². The van der Waals surface area contributed by atoms with Crippen LogP contribution < -0.4 is 16.4 Å². The van der Waals surface area contributed by atoms with Crippen molar-refractivity contribution in [3.63, 3.8) is 0 Å². The van der Waals surface area contributed by atoms with Crippen molar-refractivity contribution in [3.8, 4) is 5.95 Å². The highest BCUT2D eigenvalue weighted by atomic mass is 16.1. The van der Waals surface area contributed by atoms with Crippen LogP contribution in [0.2, 0.25) is 0 Å². The standard InChI is InChI=1S/C26H28N6O/c1-17-14-21-19(25(33)29-16-27)11-7-13-23(21)32(17)26-30-22-12-6-5-10-20(22)24(31-26)28-15-18-8-3-2-4-9-18/h2-4,7-9,11,13-14H,5-6,10,12,15-16,27H2,1H3,(H,29,33)(H,28,30,31). The van der Waals surface area contributed by atoms with Gasteiger partial charge in [0, 0.05) is 28.8 Å². The number of hydrogen-bond acceptors (Lipinski definition) is 5. The quantitative estimate of drug-likeness (QED) is 0.396. The molecule has 0 saturated heterocycles. The molecule has 4 aromatic rings. The molecule has 0 spiro atoms. The molecule has 1 aliphatic rings. The average Bonchev–Trinajstić information content (AvgIpc) is 3.19. The van der Waals surface area contributed by atoms with E-state index in [2.05, 4.69) is 22.8 Å². The Hall–Kier alpha value is -3.71. The van der Waals surface area contributed by atoms with Crippen LogP contribution in [0.5, 0.6) is 0 Å². The van der Waals surface area contributed by atoms with Crippen LogP contribution in [0.1, 0.15) is 45.7 Å². The lowest BCUT2D eigenvalue weighted by molar-refractivity contribution is 0.0956. The lowest BCUT2D eigenvalue weighted by Gasteiger charge is -2.21. The molecule has 0 radical (unpaired) electrons. The SMILES string of the molecule is Cc1cc2c(C(=O)NCN)cccc2n1-c1nc2c(c(NCc3ccccc3)n1)CCCC2. The molecule has 0 atom stereocenters. The summed E-state index contributed by atoms with van der Waals surface area (Å²) in [5, 5.41) is 7.12. The molecule has 2 aromatic heterocycles. The maximum atomic E-state index is 12.5. The Kier molecular flexibility index (Phi) is 5.79. The summed E-state index contributed by atoms with van der Waals surface area (Å²) in [6.07, 6.45) is 4.23. The Labute approximate surface area is 193 Å². The number of nitrogens with zero attached hydrogens (tertiary/aromatic N) is 3. The number of carbonyl (C=O) groups is 1. The number of carbonyl (C=O) groups excluding carboxylic acids is 1. The number of aromatic nitrogens is 3. The number of amides is 1. The molecule has 168 valence electrons. The zero-order valence-electron chi connectivity index (χ0n) is 18.8. The number of hydrogen-bond donors (Lipinski definition) is 3. The smallest absolute Gasteiger partial charge is 0.252 e. The Bertz CT molecular complexity index is 1310. The fourth-order valence-corrected chi connectivity index (χ4v) is 4.62. The van der Waals surface area contributed by atoms with Gasteiger partial charge in [0.2, 0.25) is 5.95 Å². The highest BCUT2D eigenvalue weighted by Gasteiger charge is 2.21. The lowest BCUT2D eigenvalue weighted by Crippen LogP contribution is -2.29. The number of aryl methyl sites for hydroxylation is 2. The molecule has 7 nitrogen and oxygen atoms in total. The average molecular weight is 441 g/mol. The number of rotatable bonds is 6. The van der Waals surface area contributed by atoms with Gasteiger partial charge in [-0.05, 0) is 56.4 Å². The largest absolute Gasteiger partial charge is 0.366 e. The van der Waals surface area contributed by atoms with Crippen LogP contribution in [0.15, 0.2) is 54.6 Å². The zero-order valence-corrected chi connectivity index (χ0v) is 18.8. The monoisotopic (exact) mass is 440 g/mol. The fourth-order valence-electron chi connectivity index (χ4n) is 4.62. The zero-order chi connectivity index (χ0) is 22.8. The summed E-state index contributed by atoms with van der Waals surface area (Å²) in [5.41, 5.74) is 11.5. The van der Waals surface area contributed by atoms with E-state index in [9.17, 15) is 4.79 Å². The van der Waals surface area contributed by atoms with Crippen LogP contribution in [-0.2, 0) is 19.4 Å². The van der Waals surface area contributed by atoms with Gasteiger partial charge in [-0.1, -0.05) is 36.4 Å². The summed E-state index contributed by atoms with van der Waals surface area (Å²) in [5.74, 6) is 1.35. The Morgan fingerprint density at radius 3 is 2.70 bits per heavy atom. The molecular weight excluding hydrogens is 412 g/mol. The molecule has 5 rings (SSSR count). The number of benzene rings is 2. The van der Waals surface area contributed by atoms with Crippen LogP contribution >= 0.6 is 0 Å². The van der Waals surface area contributed by atoms with Crippen LogP contribution in [-0.4, -0.2) is 27.1 Å². The van der Waals surface area contributed by atoms with Crippen LogP contribution in [0, 0.1) is 6.92 Å². The van der Waals surface area contributed by atoms with Gasteiger partial charge in [0.1, 0.15) is 5.82 Å². The molecule has 1 amide bonds. The number of anilines is 1. The first-order valence-electron chi connectivity index (χ1n) is 11.4. The second kappa shape index (κ2) is 9.03. The summed E-state index contributed by atoms with van der Waals surface area (Å²) in [6.45, 7) is 2.82. The van der Waals surface area contributed by atoms with E-state index < -0.39 is 0 Å². The van der Waals surface area contributed by atoms with Crippen LogP contribution in [0.25, 0.3) is 16.9 Å². The molecule has 4 N–H and O–H groups in total. The molecule has 0 fully saturated rings. The van der Waals surface area contributed by atoms with Gasteiger partial charge < -0.3 is 16.4 Å².